The average Bonchev–Trinajstić information content (AvgIpc) is 2.77. The van der Waals surface area contributed by atoms with Gasteiger partial charge in [0.15, 0.2) is 12.4 Å². The van der Waals surface area contributed by atoms with Crippen LogP contribution in [0.15, 0.2) is 49.1 Å². The predicted molar refractivity (Wildman–Crippen MR) is 124 cm³/mol. The molecule has 3 nitrogen and oxygen atoms in total. The second-order valence-electron chi connectivity index (χ2n) is 8.07. The zero-order valence-corrected chi connectivity index (χ0v) is 19.1. The Morgan fingerprint density at radius 3 is 1.55 bits per heavy atom. The molecule has 2 heterocycles. The summed E-state index contributed by atoms with van der Waals surface area (Å²) >= 11 is 0. The SMILES string of the molecule is CCC(CC)CCCc1cc[n+]([O-])cc1.CCC(CC)CCCc1ccncc1. The van der Waals surface area contributed by atoms with E-state index in [0.717, 1.165) is 23.0 Å². The fourth-order valence-electron chi connectivity index (χ4n) is 3.74. The molecular formula is C26H42N2O. The van der Waals surface area contributed by atoms with Gasteiger partial charge in [-0.15, -0.1) is 0 Å². The number of hydrogen-bond acceptors (Lipinski definition) is 2. The Kier molecular flexibility index (Phi) is 13.8. The summed E-state index contributed by atoms with van der Waals surface area (Å²) in [5.74, 6) is 1.80. The van der Waals surface area contributed by atoms with Crippen molar-refractivity contribution >= 4 is 0 Å². The van der Waals surface area contributed by atoms with E-state index in [1.165, 1.54) is 68.9 Å². The number of rotatable bonds is 12. The maximum absolute atomic E-state index is 10.8. The Morgan fingerprint density at radius 1 is 0.724 bits per heavy atom. The van der Waals surface area contributed by atoms with Gasteiger partial charge in [0.2, 0.25) is 0 Å². The lowest BCUT2D eigenvalue weighted by Gasteiger charge is -2.11. The highest BCUT2D eigenvalue weighted by Crippen LogP contribution is 2.17. The first-order valence-corrected chi connectivity index (χ1v) is 11.7. The molecule has 0 fully saturated rings. The molecule has 0 unspecified atom stereocenters. The molecule has 3 heteroatoms. The molecule has 29 heavy (non-hydrogen) atoms. The molecule has 0 aliphatic carbocycles. The molecule has 2 aromatic rings. The Morgan fingerprint density at radius 2 is 1.14 bits per heavy atom. The molecule has 0 spiro atoms. The standard InChI is InChI=1S/C13H21NO.C13H21N/c1-3-12(4-2)6-5-7-13-8-10-14(15)11-9-13;1-3-12(4-2)6-5-7-13-8-10-14-11-9-13/h8-12H,3-7H2,1-2H3;8-12H,3-7H2,1-2H3. The quantitative estimate of drug-likeness (QED) is 0.287. The van der Waals surface area contributed by atoms with Gasteiger partial charge in [-0.1, -0.05) is 66.2 Å². The highest BCUT2D eigenvalue weighted by atomic mass is 16.5. The fraction of sp³-hybridized carbons (Fsp3) is 0.615. The maximum atomic E-state index is 10.8. The van der Waals surface area contributed by atoms with Gasteiger partial charge in [-0.3, -0.25) is 4.98 Å². The minimum atomic E-state index is 0.838. The van der Waals surface area contributed by atoms with Crippen LogP contribution in [0.4, 0.5) is 0 Å². The fourth-order valence-corrected chi connectivity index (χ4v) is 3.74. The average molecular weight is 399 g/mol. The van der Waals surface area contributed by atoms with E-state index in [4.69, 9.17) is 0 Å². The monoisotopic (exact) mass is 398 g/mol. The molecule has 0 saturated heterocycles. The van der Waals surface area contributed by atoms with Crippen molar-refractivity contribution < 1.29 is 4.73 Å². The topological polar surface area (TPSA) is 39.8 Å². The Labute approximate surface area is 179 Å². The van der Waals surface area contributed by atoms with E-state index in [2.05, 4.69) is 44.8 Å². The first-order chi connectivity index (χ1) is 14.1. The smallest absolute Gasteiger partial charge is 0.180 e. The molecule has 2 rings (SSSR count). The van der Waals surface area contributed by atoms with Crippen molar-refractivity contribution in [3.63, 3.8) is 0 Å². The van der Waals surface area contributed by atoms with E-state index in [1.807, 2.05) is 24.5 Å². The number of hydrogen-bond donors (Lipinski definition) is 0. The number of pyridine rings is 2. The molecule has 0 bridgehead atoms. The molecule has 0 aliphatic rings. The van der Waals surface area contributed by atoms with Crippen molar-refractivity contribution in [2.75, 3.05) is 0 Å². The Balaban J connectivity index is 0.000000291. The second kappa shape index (κ2) is 16.0. The van der Waals surface area contributed by atoms with Gasteiger partial charge in [0.05, 0.1) is 0 Å². The lowest BCUT2D eigenvalue weighted by Crippen LogP contribution is -2.23. The van der Waals surface area contributed by atoms with Crippen LogP contribution < -0.4 is 4.73 Å². The maximum Gasteiger partial charge on any atom is 0.180 e. The first kappa shape index (κ1) is 25.1. The third-order valence-corrected chi connectivity index (χ3v) is 6.09. The summed E-state index contributed by atoms with van der Waals surface area (Å²) < 4.78 is 0.838. The van der Waals surface area contributed by atoms with Crippen LogP contribution >= 0.6 is 0 Å². The van der Waals surface area contributed by atoms with Crippen LogP contribution in [0.5, 0.6) is 0 Å². The summed E-state index contributed by atoms with van der Waals surface area (Å²) in [6.45, 7) is 9.11. The largest absolute Gasteiger partial charge is 0.619 e. The van der Waals surface area contributed by atoms with Gasteiger partial charge in [-0.25, -0.2) is 0 Å². The summed E-state index contributed by atoms with van der Waals surface area (Å²) in [5, 5.41) is 10.8. The van der Waals surface area contributed by atoms with Crippen LogP contribution in [0, 0.1) is 17.0 Å². The van der Waals surface area contributed by atoms with Gasteiger partial charge in [-0.2, -0.15) is 4.73 Å². The van der Waals surface area contributed by atoms with E-state index in [1.54, 1.807) is 12.4 Å². The normalized spacial score (nSPS) is 10.8. The van der Waals surface area contributed by atoms with Crippen molar-refractivity contribution in [2.45, 2.75) is 91.9 Å². The number of aromatic nitrogens is 2. The van der Waals surface area contributed by atoms with Crippen LogP contribution in [0.3, 0.4) is 0 Å². The minimum absolute atomic E-state index is 0.838. The van der Waals surface area contributed by atoms with Gasteiger partial charge in [0, 0.05) is 24.5 Å². The zero-order valence-electron chi connectivity index (χ0n) is 19.1. The second-order valence-corrected chi connectivity index (χ2v) is 8.07. The summed E-state index contributed by atoms with van der Waals surface area (Å²) in [4.78, 5) is 4.02. The van der Waals surface area contributed by atoms with Crippen molar-refractivity contribution in [1.29, 1.82) is 0 Å². The molecule has 162 valence electrons. The summed E-state index contributed by atoms with van der Waals surface area (Å²) in [7, 11) is 0. The highest BCUT2D eigenvalue weighted by Gasteiger charge is 2.04. The molecule has 0 N–H and O–H groups in total. The van der Waals surface area contributed by atoms with Crippen LogP contribution in [-0.2, 0) is 12.8 Å². The molecule has 2 aromatic heterocycles. The van der Waals surface area contributed by atoms with E-state index >= 15 is 0 Å². The Bertz CT molecular complexity index is 604. The van der Waals surface area contributed by atoms with Gasteiger partial charge in [-0.05, 0) is 60.8 Å². The lowest BCUT2D eigenvalue weighted by molar-refractivity contribution is -0.605. The van der Waals surface area contributed by atoms with Crippen LogP contribution in [0.2, 0.25) is 0 Å². The van der Waals surface area contributed by atoms with E-state index in [-0.39, 0.29) is 0 Å². The van der Waals surface area contributed by atoms with E-state index < -0.39 is 0 Å². The molecular weight excluding hydrogens is 356 g/mol. The van der Waals surface area contributed by atoms with Crippen LogP contribution in [0.1, 0.15) is 90.2 Å². The van der Waals surface area contributed by atoms with Crippen molar-refractivity contribution in [3.05, 3.63) is 65.4 Å². The third-order valence-electron chi connectivity index (χ3n) is 6.09. The summed E-state index contributed by atoms with van der Waals surface area (Å²) in [6.07, 6.45) is 19.7. The molecule has 0 aromatic carbocycles. The molecule has 0 amide bonds. The van der Waals surface area contributed by atoms with E-state index in [9.17, 15) is 5.21 Å². The molecule has 0 aliphatic heterocycles. The van der Waals surface area contributed by atoms with Gasteiger partial charge < -0.3 is 5.21 Å². The number of aryl methyl sites for hydroxylation is 2. The Hall–Kier alpha value is -1.90. The summed E-state index contributed by atoms with van der Waals surface area (Å²) in [6, 6.07) is 8.07. The first-order valence-electron chi connectivity index (χ1n) is 11.7. The van der Waals surface area contributed by atoms with Crippen molar-refractivity contribution in [2.24, 2.45) is 11.8 Å². The zero-order chi connectivity index (χ0) is 21.3. The molecule has 0 saturated carbocycles. The van der Waals surface area contributed by atoms with Gasteiger partial charge >= 0.3 is 0 Å². The third kappa shape index (κ3) is 11.6. The molecule has 0 radical (unpaired) electrons. The lowest BCUT2D eigenvalue weighted by atomic mass is 9.95. The molecule has 0 atom stereocenters. The van der Waals surface area contributed by atoms with Gasteiger partial charge in [0.1, 0.15) is 0 Å². The van der Waals surface area contributed by atoms with Crippen molar-refractivity contribution in [1.82, 2.24) is 4.98 Å². The predicted octanol–water partition coefficient (Wildman–Crippen LogP) is 6.92. The van der Waals surface area contributed by atoms with Crippen LogP contribution in [0.25, 0.3) is 0 Å². The number of nitrogens with zero attached hydrogens (tertiary/aromatic N) is 2. The van der Waals surface area contributed by atoms with Crippen LogP contribution in [-0.4, -0.2) is 4.98 Å². The highest BCUT2D eigenvalue weighted by molar-refractivity contribution is 5.09. The minimum Gasteiger partial charge on any atom is -0.619 e. The van der Waals surface area contributed by atoms with Gasteiger partial charge in [0.25, 0.3) is 0 Å². The summed E-state index contributed by atoms with van der Waals surface area (Å²) in [5.41, 5.74) is 2.69. The van der Waals surface area contributed by atoms with E-state index in [0.29, 0.717) is 0 Å². The van der Waals surface area contributed by atoms with Crippen molar-refractivity contribution in [3.8, 4) is 0 Å².